The van der Waals surface area contributed by atoms with E-state index in [9.17, 15) is 0 Å². The lowest BCUT2D eigenvalue weighted by molar-refractivity contribution is 0.0598. The molecule has 0 atom stereocenters. The number of ether oxygens (including phenoxy) is 1. The first-order valence-corrected chi connectivity index (χ1v) is 3.64. The number of aromatic nitrogens is 3. The predicted molar refractivity (Wildman–Crippen MR) is 40.9 cm³/mol. The highest BCUT2D eigenvalue weighted by Gasteiger charge is 2.00. The van der Waals surface area contributed by atoms with Gasteiger partial charge in [0.05, 0.1) is 6.10 Å². The number of nitrogens with zero attached hydrogens (tertiary/aromatic N) is 3. The van der Waals surface area contributed by atoms with Crippen molar-refractivity contribution in [1.82, 2.24) is 14.8 Å². The largest absolute Gasteiger partial charge is 0.371 e. The average Bonchev–Trinajstić information content (AvgIpc) is 2.31. The molecule has 62 valence electrons. The van der Waals surface area contributed by atoms with Crippen molar-refractivity contribution in [2.24, 2.45) is 7.05 Å². The quantitative estimate of drug-likeness (QED) is 0.646. The van der Waals surface area contributed by atoms with Crippen LogP contribution in [0.15, 0.2) is 6.33 Å². The monoisotopic (exact) mass is 155 g/mol. The number of rotatable bonds is 3. The Bertz CT molecular complexity index is 219. The van der Waals surface area contributed by atoms with E-state index in [1.165, 1.54) is 0 Å². The van der Waals surface area contributed by atoms with Crippen LogP contribution >= 0.6 is 0 Å². The summed E-state index contributed by atoms with van der Waals surface area (Å²) in [6.07, 6.45) is 1.91. The van der Waals surface area contributed by atoms with Gasteiger partial charge in [-0.2, -0.15) is 0 Å². The summed E-state index contributed by atoms with van der Waals surface area (Å²) in [5.74, 6) is 0.860. The molecule has 1 heterocycles. The molecule has 0 aliphatic heterocycles. The van der Waals surface area contributed by atoms with E-state index < -0.39 is 0 Å². The number of aryl methyl sites for hydroxylation is 1. The second-order valence-corrected chi connectivity index (χ2v) is 2.72. The molecular weight excluding hydrogens is 142 g/mol. The smallest absolute Gasteiger partial charge is 0.158 e. The maximum atomic E-state index is 5.34. The Hall–Kier alpha value is -0.900. The molecule has 0 aliphatic rings. The zero-order valence-corrected chi connectivity index (χ0v) is 7.11. The topological polar surface area (TPSA) is 39.9 Å². The molecule has 0 saturated heterocycles. The minimum absolute atomic E-state index is 0.242. The summed E-state index contributed by atoms with van der Waals surface area (Å²) in [6.45, 7) is 4.53. The van der Waals surface area contributed by atoms with Gasteiger partial charge in [-0.05, 0) is 13.8 Å². The van der Waals surface area contributed by atoms with Crippen molar-refractivity contribution in [3.05, 3.63) is 12.2 Å². The van der Waals surface area contributed by atoms with Gasteiger partial charge in [-0.3, -0.25) is 0 Å². The first-order chi connectivity index (χ1) is 5.20. The molecule has 4 nitrogen and oxygen atoms in total. The molecule has 1 aromatic rings. The number of hydrogen-bond acceptors (Lipinski definition) is 3. The summed E-state index contributed by atoms with van der Waals surface area (Å²) in [5, 5.41) is 7.61. The second kappa shape index (κ2) is 3.48. The van der Waals surface area contributed by atoms with Crippen molar-refractivity contribution in [2.45, 2.75) is 26.6 Å². The zero-order valence-electron chi connectivity index (χ0n) is 7.11. The third kappa shape index (κ3) is 2.31. The van der Waals surface area contributed by atoms with Crippen LogP contribution in [0.5, 0.6) is 0 Å². The van der Waals surface area contributed by atoms with E-state index in [1.54, 1.807) is 6.33 Å². The highest BCUT2D eigenvalue weighted by Crippen LogP contribution is 1.97. The van der Waals surface area contributed by atoms with Gasteiger partial charge in [0.15, 0.2) is 5.82 Å². The van der Waals surface area contributed by atoms with Crippen molar-refractivity contribution >= 4 is 0 Å². The third-order valence-corrected chi connectivity index (χ3v) is 1.35. The molecule has 0 radical (unpaired) electrons. The van der Waals surface area contributed by atoms with Gasteiger partial charge in [0.25, 0.3) is 0 Å². The summed E-state index contributed by atoms with van der Waals surface area (Å²) in [7, 11) is 1.90. The Kier molecular flexibility index (Phi) is 2.59. The van der Waals surface area contributed by atoms with Gasteiger partial charge in [-0.1, -0.05) is 0 Å². The first-order valence-electron chi connectivity index (χ1n) is 3.64. The molecule has 0 bridgehead atoms. The molecule has 11 heavy (non-hydrogen) atoms. The number of hydrogen-bond donors (Lipinski definition) is 0. The summed E-state index contributed by atoms with van der Waals surface area (Å²) in [4.78, 5) is 0. The van der Waals surface area contributed by atoms with Crippen LogP contribution in [0.3, 0.4) is 0 Å². The Morgan fingerprint density at radius 3 is 2.82 bits per heavy atom. The minimum Gasteiger partial charge on any atom is -0.371 e. The van der Waals surface area contributed by atoms with Gasteiger partial charge in [0.2, 0.25) is 0 Å². The van der Waals surface area contributed by atoms with E-state index in [1.807, 2.05) is 25.5 Å². The highest BCUT2D eigenvalue weighted by atomic mass is 16.5. The molecule has 0 saturated carbocycles. The summed E-state index contributed by atoms with van der Waals surface area (Å²) in [5.41, 5.74) is 0. The van der Waals surface area contributed by atoms with Crippen molar-refractivity contribution in [2.75, 3.05) is 0 Å². The maximum Gasteiger partial charge on any atom is 0.158 e. The van der Waals surface area contributed by atoms with E-state index in [2.05, 4.69) is 10.2 Å². The molecular formula is C7H13N3O. The van der Waals surface area contributed by atoms with Crippen LogP contribution < -0.4 is 0 Å². The molecule has 0 aromatic carbocycles. The van der Waals surface area contributed by atoms with E-state index in [0.29, 0.717) is 6.61 Å². The van der Waals surface area contributed by atoms with Gasteiger partial charge >= 0.3 is 0 Å². The Morgan fingerprint density at radius 1 is 1.64 bits per heavy atom. The van der Waals surface area contributed by atoms with E-state index in [-0.39, 0.29) is 6.10 Å². The third-order valence-electron chi connectivity index (χ3n) is 1.35. The van der Waals surface area contributed by atoms with Crippen LogP contribution in [0.4, 0.5) is 0 Å². The van der Waals surface area contributed by atoms with E-state index in [4.69, 9.17) is 4.74 Å². The summed E-state index contributed by atoms with van der Waals surface area (Å²) >= 11 is 0. The van der Waals surface area contributed by atoms with Gasteiger partial charge in [0.1, 0.15) is 12.9 Å². The Morgan fingerprint density at radius 2 is 2.36 bits per heavy atom. The van der Waals surface area contributed by atoms with E-state index in [0.717, 1.165) is 5.82 Å². The van der Waals surface area contributed by atoms with Gasteiger partial charge < -0.3 is 9.30 Å². The minimum atomic E-state index is 0.242. The molecule has 0 amide bonds. The SMILES string of the molecule is CC(C)OCc1nncn1C. The lowest BCUT2D eigenvalue weighted by Crippen LogP contribution is -2.06. The standard InChI is InChI=1S/C7H13N3O/c1-6(2)11-4-7-9-8-5-10(7)3/h5-6H,4H2,1-3H3. The Labute approximate surface area is 66.2 Å². The first kappa shape index (κ1) is 8.20. The van der Waals surface area contributed by atoms with Crippen LogP contribution in [-0.2, 0) is 18.4 Å². The van der Waals surface area contributed by atoms with Crippen LogP contribution in [0.1, 0.15) is 19.7 Å². The van der Waals surface area contributed by atoms with Crippen LogP contribution in [0.2, 0.25) is 0 Å². The van der Waals surface area contributed by atoms with Crippen LogP contribution in [0, 0.1) is 0 Å². The molecule has 0 N–H and O–H groups in total. The lowest BCUT2D eigenvalue weighted by Gasteiger charge is -2.05. The second-order valence-electron chi connectivity index (χ2n) is 2.72. The van der Waals surface area contributed by atoms with Crippen molar-refractivity contribution in [3.8, 4) is 0 Å². The molecule has 0 spiro atoms. The predicted octanol–water partition coefficient (Wildman–Crippen LogP) is 0.740. The fourth-order valence-corrected chi connectivity index (χ4v) is 0.679. The highest BCUT2D eigenvalue weighted by molar-refractivity contribution is 4.80. The normalized spacial score (nSPS) is 10.9. The van der Waals surface area contributed by atoms with Gasteiger partial charge in [-0.25, -0.2) is 0 Å². The van der Waals surface area contributed by atoms with Crippen LogP contribution in [-0.4, -0.2) is 20.9 Å². The fraction of sp³-hybridized carbons (Fsp3) is 0.714. The summed E-state index contributed by atoms with van der Waals surface area (Å²) < 4.78 is 7.19. The molecule has 1 rings (SSSR count). The average molecular weight is 155 g/mol. The Balaban J connectivity index is 2.44. The van der Waals surface area contributed by atoms with Crippen molar-refractivity contribution < 1.29 is 4.74 Å². The van der Waals surface area contributed by atoms with Crippen LogP contribution in [0.25, 0.3) is 0 Å². The molecule has 4 heteroatoms. The van der Waals surface area contributed by atoms with Gasteiger partial charge in [-0.15, -0.1) is 10.2 Å². The van der Waals surface area contributed by atoms with E-state index >= 15 is 0 Å². The molecule has 0 aliphatic carbocycles. The van der Waals surface area contributed by atoms with Crippen molar-refractivity contribution in [1.29, 1.82) is 0 Å². The van der Waals surface area contributed by atoms with Gasteiger partial charge in [0, 0.05) is 7.05 Å². The molecule has 1 aromatic heterocycles. The molecule has 0 unspecified atom stereocenters. The fourth-order valence-electron chi connectivity index (χ4n) is 0.679. The zero-order chi connectivity index (χ0) is 8.27. The summed E-state index contributed by atoms with van der Waals surface area (Å²) in [6, 6.07) is 0. The van der Waals surface area contributed by atoms with Crippen molar-refractivity contribution in [3.63, 3.8) is 0 Å². The molecule has 0 fully saturated rings. The lowest BCUT2D eigenvalue weighted by atomic mass is 10.5. The maximum absolute atomic E-state index is 5.34.